The predicted molar refractivity (Wildman–Crippen MR) is 67.9 cm³/mol. The van der Waals surface area contributed by atoms with Crippen LogP contribution in [0.4, 0.5) is 0 Å². The maximum atomic E-state index is 6.29. The number of nitrogens with zero attached hydrogens (tertiary/aromatic N) is 1. The molecule has 90 valence electrons. The van der Waals surface area contributed by atoms with Gasteiger partial charge in [-0.2, -0.15) is 0 Å². The highest BCUT2D eigenvalue weighted by Gasteiger charge is 2.49. The normalized spacial score (nSPS) is 49.2. The predicted octanol–water partition coefficient (Wildman–Crippen LogP) is 2.24. The third-order valence-electron chi connectivity index (χ3n) is 4.79. The first-order valence-corrected chi connectivity index (χ1v) is 6.39. The van der Waals surface area contributed by atoms with Gasteiger partial charge in [-0.15, -0.1) is 0 Å². The van der Waals surface area contributed by atoms with Crippen LogP contribution >= 0.6 is 0 Å². The van der Waals surface area contributed by atoms with Crippen molar-refractivity contribution in [2.75, 3.05) is 20.8 Å². The highest BCUT2D eigenvalue weighted by atomic mass is 16.5. The Morgan fingerprint density at radius 2 is 2.06 bits per heavy atom. The number of fused-ring (bicyclic) bond motifs is 1. The Morgan fingerprint density at radius 1 is 1.38 bits per heavy atom. The third-order valence-corrected chi connectivity index (χ3v) is 4.79. The Kier molecular flexibility index (Phi) is 3.13. The molecule has 0 bridgehead atoms. The molecule has 2 rings (SSSR count). The van der Waals surface area contributed by atoms with E-state index in [-0.39, 0.29) is 10.9 Å². The number of methoxy groups -OCH3 is 1. The first kappa shape index (κ1) is 12.4. The van der Waals surface area contributed by atoms with Gasteiger partial charge in [0.05, 0.1) is 14.5 Å². The molecule has 1 aliphatic carbocycles. The lowest BCUT2D eigenvalue weighted by Crippen LogP contribution is -2.46. The molecule has 1 saturated carbocycles. The third kappa shape index (κ3) is 2.04. The number of likely N-dealkylation sites (tertiary alicyclic amines) is 1. The Bertz CT molecular complexity index is 269. The highest BCUT2D eigenvalue weighted by Crippen LogP contribution is 2.51. The van der Waals surface area contributed by atoms with Crippen molar-refractivity contribution in [3.8, 4) is 0 Å². The van der Waals surface area contributed by atoms with Crippen molar-refractivity contribution in [3.05, 3.63) is 0 Å². The van der Waals surface area contributed by atoms with Gasteiger partial charge in [-0.3, -0.25) is 4.90 Å². The quantitative estimate of drug-likeness (QED) is 0.663. The van der Waals surface area contributed by atoms with Crippen molar-refractivity contribution in [1.29, 1.82) is 0 Å². The SMILES string of the molecule is [B]C1(C)CCC2C(C1)CC(C)(COC)N2C. The molecule has 4 atom stereocenters. The van der Waals surface area contributed by atoms with E-state index in [9.17, 15) is 0 Å². The minimum absolute atomic E-state index is 0.0559. The van der Waals surface area contributed by atoms with Gasteiger partial charge >= 0.3 is 0 Å². The van der Waals surface area contributed by atoms with E-state index in [0.29, 0.717) is 0 Å². The van der Waals surface area contributed by atoms with Crippen molar-refractivity contribution in [1.82, 2.24) is 4.90 Å². The summed E-state index contributed by atoms with van der Waals surface area (Å²) in [5.41, 5.74) is 0.213. The van der Waals surface area contributed by atoms with Gasteiger partial charge in [0.1, 0.15) is 0 Å². The fraction of sp³-hybridized carbons (Fsp3) is 1.00. The summed E-state index contributed by atoms with van der Waals surface area (Å²) < 4.78 is 5.38. The first-order valence-electron chi connectivity index (χ1n) is 6.39. The molecule has 2 radical (unpaired) electrons. The van der Waals surface area contributed by atoms with Crippen LogP contribution in [0.2, 0.25) is 5.31 Å². The number of hydrogen-bond acceptors (Lipinski definition) is 2. The first-order chi connectivity index (χ1) is 7.38. The summed E-state index contributed by atoms with van der Waals surface area (Å²) >= 11 is 0. The summed E-state index contributed by atoms with van der Waals surface area (Å²) in [6, 6.07) is 0.719. The maximum Gasteiger partial charge on any atom is 0.0742 e. The summed E-state index contributed by atoms with van der Waals surface area (Å²) in [6.45, 7) is 5.36. The minimum atomic E-state index is 0.0559. The van der Waals surface area contributed by atoms with Gasteiger partial charge in [0.2, 0.25) is 0 Å². The van der Waals surface area contributed by atoms with E-state index in [2.05, 4.69) is 25.8 Å². The van der Waals surface area contributed by atoms with Crippen LogP contribution in [0.1, 0.15) is 39.5 Å². The molecule has 0 aromatic carbocycles. The zero-order valence-corrected chi connectivity index (χ0v) is 11.1. The van der Waals surface area contributed by atoms with Gasteiger partial charge in [0, 0.05) is 18.7 Å². The molecule has 1 saturated heterocycles. The zero-order chi connectivity index (χ0) is 12.0. The van der Waals surface area contributed by atoms with Gasteiger partial charge in [0.15, 0.2) is 0 Å². The lowest BCUT2D eigenvalue weighted by molar-refractivity contribution is 0.0451. The topological polar surface area (TPSA) is 12.5 Å². The standard InChI is InChI=1S/C13H24BNO/c1-12(14)6-5-11-10(7-12)8-13(2,9-16-4)15(11)3/h10-11H,5-9H2,1-4H3. The molecule has 2 aliphatic rings. The summed E-state index contributed by atoms with van der Waals surface area (Å²) in [6.07, 6.45) is 4.80. The highest BCUT2D eigenvalue weighted by molar-refractivity contribution is 6.14. The molecule has 0 spiro atoms. The van der Waals surface area contributed by atoms with Crippen LogP contribution in [0.15, 0.2) is 0 Å². The van der Waals surface area contributed by atoms with Gasteiger partial charge in [-0.1, -0.05) is 25.1 Å². The number of rotatable bonds is 2. The van der Waals surface area contributed by atoms with Crippen LogP contribution in [-0.4, -0.2) is 45.1 Å². The van der Waals surface area contributed by atoms with Gasteiger partial charge in [-0.25, -0.2) is 0 Å². The summed E-state index contributed by atoms with van der Waals surface area (Å²) in [4.78, 5) is 2.54. The average Bonchev–Trinajstić information content (AvgIpc) is 2.37. The minimum Gasteiger partial charge on any atom is -0.383 e. The van der Waals surface area contributed by atoms with E-state index in [0.717, 1.165) is 25.0 Å². The molecule has 3 heteroatoms. The van der Waals surface area contributed by atoms with Crippen LogP contribution in [-0.2, 0) is 4.74 Å². The van der Waals surface area contributed by atoms with Gasteiger partial charge in [-0.05, 0) is 32.7 Å². The molecular weight excluding hydrogens is 197 g/mol. The summed E-state index contributed by atoms with van der Waals surface area (Å²) in [5, 5.41) is 0.0559. The molecule has 4 unspecified atom stereocenters. The van der Waals surface area contributed by atoms with E-state index >= 15 is 0 Å². The number of ether oxygens (including phenoxy) is 1. The molecular formula is C13H24BNO. The monoisotopic (exact) mass is 221 g/mol. The lowest BCUT2D eigenvalue weighted by Gasteiger charge is -2.40. The van der Waals surface area contributed by atoms with Crippen LogP contribution < -0.4 is 0 Å². The van der Waals surface area contributed by atoms with Gasteiger partial charge < -0.3 is 4.74 Å². The van der Waals surface area contributed by atoms with Crippen molar-refractivity contribution < 1.29 is 4.74 Å². The molecule has 16 heavy (non-hydrogen) atoms. The van der Waals surface area contributed by atoms with E-state index in [4.69, 9.17) is 12.6 Å². The van der Waals surface area contributed by atoms with Crippen molar-refractivity contribution in [3.63, 3.8) is 0 Å². The molecule has 0 aromatic rings. The van der Waals surface area contributed by atoms with Crippen molar-refractivity contribution in [2.45, 2.75) is 56.4 Å². The van der Waals surface area contributed by atoms with Crippen LogP contribution in [0.5, 0.6) is 0 Å². The molecule has 2 nitrogen and oxygen atoms in total. The second-order valence-electron chi connectivity index (χ2n) is 6.47. The zero-order valence-electron chi connectivity index (χ0n) is 11.1. The second-order valence-corrected chi connectivity index (χ2v) is 6.47. The van der Waals surface area contributed by atoms with E-state index in [1.807, 2.05) is 0 Å². The molecule has 0 aromatic heterocycles. The van der Waals surface area contributed by atoms with Crippen LogP contribution in [0, 0.1) is 5.92 Å². The largest absolute Gasteiger partial charge is 0.383 e. The Balaban J connectivity index is 2.11. The fourth-order valence-electron chi connectivity index (χ4n) is 3.85. The Hall–Kier alpha value is -0.0151. The van der Waals surface area contributed by atoms with Crippen LogP contribution in [0.3, 0.4) is 0 Å². The molecule has 1 heterocycles. The van der Waals surface area contributed by atoms with Crippen LogP contribution in [0.25, 0.3) is 0 Å². The maximum absolute atomic E-state index is 6.29. The molecule has 0 amide bonds. The number of likely N-dealkylation sites (N-methyl/N-ethyl adjacent to an activating group) is 1. The van der Waals surface area contributed by atoms with E-state index in [1.165, 1.54) is 19.3 Å². The van der Waals surface area contributed by atoms with Gasteiger partial charge in [0.25, 0.3) is 0 Å². The summed E-state index contributed by atoms with van der Waals surface area (Å²) in [7, 11) is 10.3. The Morgan fingerprint density at radius 3 is 2.69 bits per heavy atom. The van der Waals surface area contributed by atoms with E-state index < -0.39 is 0 Å². The Labute approximate surface area is 101 Å². The fourth-order valence-corrected chi connectivity index (χ4v) is 3.85. The molecule has 0 N–H and O–H groups in total. The average molecular weight is 221 g/mol. The molecule has 1 aliphatic heterocycles. The smallest absolute Gasteiger partial charge is 0.0742 e. The lowest BCUT2D eigenvalue weighted by atomic mass is 9.58. The number of hydrogen-bond donors (Lipinski definition) is 0. The van der Waals surface area contributed by atoms with Crippen molar-refractivity contribution in [2.24, 2.45) is 5.92 Å². The second kappa shape index (κ2) is 4.02. The summed E-state index contributed by atoms with van der Waals surface area (Å²) in [5.74, 6) is 0.758. The van der Waals surface area contributed by atoms with E-state index in [1.54, 1.807) is 7.11 Å². The van der Waals surface area contributed by atoms with Crippen molar-refractivity contribution >= 4 is 7.85 Å². The molecule has 2 fully saturated rings.